The number of benzene rings is 2. The van der Waals surface area contributed by atoms with Crippen LogP contribution in [0.2, 0.25) is 0 Å². The highest BCUT2D eigenvalue weighted by Crippen LogP contribution is 2.45. The van der Waals surface area contributed by atoms with Gasteiger partial charge in [0.1, 0.15) is 11.5 Å². The van der Waals surface area contributed by atoms with Gasteiger partial charge in [0.15, 0.2) is 0 Å². The van der Waals surface area contributed by atoms with Crippen LogP contribution < -0.4 is 4.74 Å². The Morgan fingerprint density at radius 2 is 1.67 bits per heavy atom. The molecule has 1 atom stereocenters. The Balaban J connectivity index is 0.000000757. The maximum absolute atomic E-state index is 12.4. The van der Waals surface area contributed by atoms with Gasteiger partial charge in [0, 0.05) is 16.6 Å². The van der Waals surface area contributed by atoms with E-state index in [0.29, 0.717) is 6.42 Å². The van der Waals surface area contributed by atoms with E-state index in [0.717, 1.165) is 27.6 Å². The quantitative estimate of drug-likeness (QED) is 0.417. The number of ether oxygens (including phenoxy) is 1. The van der Waals surface area contributed by atoms with Crippen LogP contribution in [-0.4, -0.2) is 12.3 Å². The zero-order valence-electron chi connectivity index (χ0n) is 17.6. The lowest BCUT2D eigenvalue weighted by molar-refractivity contribution is -0.0498. The largest absolute Gasteiger partial charge is 0.463 e. The normalized spacial score (nSPS) is 14.9. The van der Waals surface area contributed by atoms with Crippen LogP contribution in [0.4, 0.5) is 14.5 Å². The van der Waals surface area contributed by atoms with Crippen LogP contribution in [0.15, 0.2) is 81.2 Å². The Morgan fingerprint density at radius 3 is 2.30 bits per heavy atom. The molecular weight excluding hydrogens is 404 g/mol. The van der Waals surface area contributed by atoms with Crippen molar-refractivity contribution in [1.82, 2.24) is 0 Å². The third-order valence-electron chi connectivity index (χ3n) is 4.05. The molecule has 2 heterocycles. The average molecular weight is 432 g/mol. The highest BCUT2D eigenvalue weighted by molar-refractivity contribution is 7.99. The predicted octanol–water partition coefficient (Wildman–Crippen LogP) is 8.29. The van der Waals surface area contributed by atoms with Gasteiger partial charge in [-0.15, -0.1) is 11.8 Å². The molecule has 0 saturated heterocycles. The number of fused-ring (bicyclic) bond motifs is 1. The zero-order chi connectivity index (χ0) is 21.9. The minimum absolute atomic E-state index is 0.0862. The lowest BCUT2D eigenvalue weighted by Crippen LogP contribution is -2.05. The third-order valence-corrected chi connectivity index (χ3v) is 5.37. The summed E-state index contributed by atoms with van der Waals surface area (Å²) in [6.45, 7) is 5.18. The molecule has 6 heteroatoms. The van der Waals surface area contributed by atoms with Gasteiger partial charge in [-0.05, 0) is 42.0 Å². The van der Waals surface area contributed by atoms with E-state index >= 15 is 0 Å². The van der Waals surface area contributed by atoms with Crippen molar-refractivity contribution in [2.24, 2.45) is 4.99 Å². The number of hydrogen-bond acceptors (Lipinski definition) is 4. The molecule has 2 aromatic carbocycles. The number of thioether (sulfide) groups is 1. The lowest BCUT2D eigenvalue weighted by Gasteiger charge is -2.16. The first kappa shape index (κ1) is 23.7. The van der Waals surface area contributed by atoms with Gasteiger partial charge in [-0.1, -0.05) is 52.0 Å². The number of hydrogen-bond donors (Lipinski definition) is 0. The van der Waals surface area contributed by atoms with Gasteiger partial charge in [-0.25, -0.2) is 4.99 Å². The zero-order valence-corrected chi connectivity index (χ0v) is 18.5. The first-order valence-electron chi connectivity index (χ1n) is 10.1. The summed E-state index contributed by atoms with van der Waals surface area (Å²) >= 11 is 1.71. The summed E-state index contributed by atoms with van der Waals surface area (Å²) in [6.07, 6.45) is 2.30. The number of aliphatic imine (C=N–C) groups is 1. The van der Waals surface area contributed by atoms with E-state index in [9.17, 15) is 8.78 Å². The molecule has 0 fully saturated rings. The Morgan fingerprint density at radius 1 is 0.967 bits per heavy atom. The SMILES string of the molecule is CC.CC.FC(F)Oc1ccc(C2CC(c3ccco3)=Nc3ccccc3S2)cc1. The van der Waals surface area contributed by atoms with Crippen molar-refractivity contribution in [2.75, 3.05) is 0 Å². The second-order valence-corrected chi connectivity index (χ2v) is 7.01. The molecule has 3 nitrogen and oxygen atoms in total. The lowest BCUT2D eigenvalue weighted by atomic mass is 10.0. The first-order valence-corrected chi connectivity index (χ1v) is 11.0. The summed E-state index contributed by atoms with van der Waals surface area (Å²) in [5, 5.41) is 0.0862. The van der Waals surface area contributed by atoms with Crippen LogP contribution in [0, 0.1) is 0 Å². The number of furan rings is 1. The molecule has 3 aromatic rings. The summed E-state index contributed by atoms with van der Waals surface area (Å²) in [5.74, 6) is 0.896. The highest BCUT2D eigenvalue weighted by atomic mass is 32.2. The monoisotopic (exact) mass is 431 g/mol. The third kappa shape index (κ3) is 6.20. The number of alkyl halides is 2. The molecule has 4 rings (SSSR count). The Kier molecular flexibility index (Phi) is 9.61. The van der Waals surface area contributed by atoms with E-state index in [-0.39, 0.29) is 11.0 Å². The first-order chi connectivity index (χ1) is 14.7. The maximum atomic E-state index is 12.4. The number of para-hydroxylation sites is 1. The molecule has 0 bridgehead atoms. The van der Waals surface area contributed by atoms with Crippen LogP contribution in [0.5, 0.6) is 5.75 Å². The van der Waals surface area contributed by atoms with Crippen molar-refractivity contribution < 1.29 is 17.9 Å². The van der Waals surface area contributed by atoms with Gasteiger partial charge in [0.05, 0.1) is 17.7 Å². The fourth-order valence-corrected chi connectivity index (χ4v) is 4.09. The number of nitrogens with zero attached hydrogens (tertiary/aromatic N) is 1. The number of halogens is 2. The molecule has 0 amide bonds. The van der Waals surface area contributed by atoms with Crippen molar-refractivity contribution in [1.29, 1.82) is 0 Å². The van der Waals surface area contributed by atoms with E-state index in [2.05, 4.69) is 4.74 Å². The van der Waals surface area contributed by atoms with Gasteiger partial charge in [0.25, 0.3) is 0 Å². The molecular formula is C24H27F2NO2S. The van der Waals surface area contributed by atoms with Gasteiger partial charge >= 0.3 is 6.61 Å². The molecule has 0 saturated carbocycles. The topological polar surface area (TPSA) is 34.7 Å². The van der Waals surface area contributed by atoms with E-state index in [4.69, 9.17) is 9.41 Å². The molecule has 1 unspecified atom stereocenters. The van der Waals surface area contributed by atoms with Crippen molar-refractivity contribution in [3.63, 3.8) is 0 Å². The van der Waals surface area contributed by atoms with Crippen LogP contribution in [0.3, 0.4) is 0 Å². The van der Waals surface area contributed by atoms with Crippen molar-refractivity contribution in [3.8, 4) is 5.75 Å². The van der Waals surface area contributed by atoms with E-state index < -0.39 is 6.61 Å². The van der Waals surface area contributed by atoms with Crippen LogP contribution in [0.25, 0.3) is 0 Å². The van der Waals surface area contributed by atoms with E-state index in [1.807, 2.05) is 76.2 Å². The van der Waals surface area contributed by atoms with E-state index in [1.54, 1.807) is 30.2 Å². The van der Waals surface area contributed by atoms with Gasteiger partial charge in [-0.3, -0.25) is 0 Å². The van der Waals surface area contributed by atoms with Gasteiger partial charge in [-0.2, -0.15) is 8.78 Å². The summed E-state index contributed by atoms with van der Waals surface area (Å²) < 4.78 is 34.7. The molecule has 1 aliphatic rings. The fraction of sp³-hybridized carbons (Fsp3) is 0.292. The molecule has 1 aromatic heterocycles. The minimum Gasteiger partial charge on any atom is -0.463 e. The molecule has 160 valence electrons. The Labute approximate surface area is 181 Å². The minimum atomic E-state index is -2.82. The second-order valence-electron chi connectivity index (χ2n) is 5.76. The van der Waals surface area contributed by atoms with Gasteiger partial charge in [0.2, 0.25) is 0 Å². The van der Waals surface area contributed by atoms with Gasteiger partial charge < -0.3 is 9.15 Å². The molecule has 0 aliphatic carbocycles. The molecule has 1 aliphatic heterocycles. The average Bonchev–Trinajstić information content (AvgIpc) is 3.25. The Bertz CT molecular complexity index is 909. The summed E-state index contributed by atoms with van der Waals surface area (Å²) in [5.41, 5.74) is 2.79. The fourth-order valence-electron chi connectivity index (χ4n) is 2.86. The maximum Gasteiger partial charge on any atom is 0.387 e. The molecule has 0 N–H and O–H groups in total. The summed E-state index contributed by atoms with van der Waals surface area (Å²) in [7, 11) is 0. The predicted molar refractivity (Wildman–Crippen MR) is 120 cm³/mol. The smallest absolute Gasteiger partial charge is 0.387 e. The standard InChI is InChI=1S/C20H15F2NO2S.2C2H6/c21-20(22)25-14-9-7-13(8-10-14)19-12-16(17-5-3-11-24-17)23-15-4-1-2-6-18(15)26-19;2*1-2/h1-11,19-20H,12H2;2*1-2H3. The van der Waals surface area contributed by atoms with Crippen molar-refractivity contribution in [3.05, 3.63) is 78.3 Å². The van der Waals surface area contributed by atoms with Crippen LogP contribution >= 0.6 is 11.8 Å². The van der Waals surface area contributed by atoms with Crippen LogP contribution in [0.1, 0.15) is 50.7 Å². The van der Waals surface area contributed by atoms with Crippen molar-refractivity contribution >= 4 is 23.2 Å². The number of rotatable bonds is 4. The molecule has 30 heavy (non-hydrogen) atoms. The second kappa shape index (κ2) is 12.2. The molecule has 0 spiro atoms. The van der Waals surface area contributed by atoms with Crippen LogP contribution in [-0.2, 0) is 0 Å². The highest BCUT2D eigenvalue weighted by Gasteiger charge is 2.23. The molecule has 0 radical (unpaired) electrons. The summed E-state index contributed by atoms with van der Waals surface area (Å²) in [6, 6.07) is 18.5. The Hall–Kier alpha value is -2.60. The van der Waals surface area contributed by atoms with E-state index in [1.165, 1.54) is 0 Å². The van der Waals surface area contributed by atoms with Crippen molar-refractivity contribution in [2.45, 2.75) is 50.9 Å². The summed E-state index contributed by atoms with van der Waals surface area (Å²) in [4.78, 5) is 5.87.